The van der Waals surface area contributed by atoms with Gasteiger partial charge in [0, 0.05) is 36.2 Å². The van der Waals surface area contributed by atoms with E-state index in [1.165, 1.54) is 15.6 Å². The predicted octanol–water partition coefficient (Wildman–Crippen LogP) is 3.98. The van der Waals surface area contributed by atoms with Crippen LogP contribution in [0.4, 0.5) is 0 Å². The molecular formula is C18H21BrN2. The molecule has 2 aromatic carbocycles. The van der Waals surface area contributed by atoms with Crippen LogP contribution in [0, 0.1) is 0 Å². The van der Waals surface area contributed by atoms with Gasteiger partial charge in [-0.05, 0) is 24.1 Å². The van der Waals surface area contributed by atoms with E-state index in [-0.39, 0.29) is 0 Å². The maximum Gasteiger partial charge on any atom is 0.0450 e. The first-order valence-corrected chi connectivity index (χ1v) is 8.29. The summed E-state index contributed by atoms with van der Waals surface area (Å²) in [5.41, 5.74) is 2.74. The van der Waals surface area contributed by atoms with Gasteiger partial charge in [-0.2, -0.15) is 0 Å². The van der Waals surface area contributed by atoms with Gasteiger partial charge in [-0.1, -0.05) is 64.5 Å². The average molecular weight is 345 g/mol. The molecule has 3 rings (SSSR count). The first-order valence-electron chi connectivity index (χ1n) is 7.50. The van der Waals surface area contributed by atoms with Crippen molar-refractivity contribution in [1.82, 2.24) is 10.2 Å². The Labute approximate surface area is 135 Å². The van der Waals surface area contributed by atoms with Crippen LogP contribution in [-0.4, -0.2) is 24.0 Å². The van der Waals surface area contributed by atoms with Gasteiger partial charge in [0.05, 0.1) is 0 Å². The van der Waals surface area contributed by atoms with Gasteiger partial charge in [-0.25, -0.2) is 0 Å². The van der Waals surface area contributed by atoms with Crippen molar-refractivity contribution in [3.05, 3.63) is 70.2 Å². The predicted molar refractivity (Wildman–Crippen MR) is 91.2 cm³/mol. The van der Waals surface area contributed by atoms with Crippen molar-refractivity contribution in [3.8, 4) is 0 Å². The van der Waals surface area contributed by atoms with Crippen LogP contribution in [0.5, 0.6) is 0 Å². The molecule has 0 spiro atoms. The third-order valence-electron chi connectivity index (χ3n) is 4.23. The summed E-state index contributed by atoms with van der Waals surface area (Å²) in [6, 6.07) is 20.2. The summed E-state index contributed by atoms with van der Waals surface area (Å²) in [5.74, 6) is 0. The molecule has 0 aromatic heterocycles. The number of nitrogens with zero attached hydrogens (tertiary/aromatic N) is 1. The van der Waals surface area contributed by atoms with E-state index in [0.29, 0.717) is 12.1 Å². The van der Waals surface area contributed by atoms with Gasteiger partial charge in [-0.3, -0.25) is 4.90 Å². The Bertz CT molecular complexity index is 585. The molecule has 2 aromatic rings. The van der Waals surface area contributed by atoms with Crippen molar-refractivity contribution < 1.29 is 0 Å². The van der Waals surface area contributed by atoms with E-state index in [1.54, 1.807) is 0 Å². The molecule has 0 bridgehead atoms. The lowest BCUT2D eigenvalue weighted by Gasteiger charge is -2.39. The second-order valence-electron chi connectivity index (χ2n) is 5.74. The fraction of sp³-hybridized carbons (Fsp3) is 0.333. The summed E-state index contributed by atoms with van der Waals surface area (Å²) < 4.78 is 1.20. The minimum atomic E-state index is 0.421. The molecule has 21 heavy (non-hydrogen) atoms. The smallest absolute Gasteiger partial charge is 0.0450 e. The van der Waals surface area contributed by atoms with Crippen LogP contribution in [0.25, 0.3) is 0 Å². The van der Waals surface area contributed by atoms with Crippen LogP contribution >= 0.6 is 15.9 Å². The summed E-state index contributed by atoms with van der Waals surface area (Å²) in [6.45, 7) is 5.37. The highest BCUT2D eigenvalue weighted by molar-refractivity contribution is 9.10. The van der Waals surface area contributed by atoms with Crippen molar-refractivity contribution in [1.29, 1.82) is 0 Å². The van der Waals surface area contributed by atoms with E-state index in [4.69, 9.17) is 0 Å². The lowest BCUT2D eigenvalue weighted by atomic mass is 10.0. The number of hydrogen-bond donors (Lipinski definition) is 1. The number of rotatable bonds is 3. The van der Waals surface area contributed by atoms with Crippen LogP contribution in [0.15, 0.2) is 59.1 Å². The summed E-state index contributed by atoms with van der Waals surface area (Å²) in [4.78, 5) is 2.56. The number of benzene rings is 2. The Kier molecular flexibility index (Phi) is 4.73. The highest BCUT2D eigenvalue weighted by Crippen LogP contribution is 2.24. The average Bonchev–Trinajstić information content (AvgIpc) is 2.52. The summed E-state index contributed by atoms with van der Waals surface area (Å²) in [7, 11) is 0. The molecule has 1 aliphatic heterocycles. The second-order valence-corrected chi connectivity index (χ2v) is 6.60. The van der Waals surface area contributed by atoms with Crippen molar-refractivity contribution in [2.45, 2.75) is 25.6 Å². The molecule has 0 radical (unpaired) electrons. The number of nitrogens with one attached hydrogen (secondary N) is 1. The van der Waals surface area contributed by atoms with Gasteiger partial charge in [0.2, 0.25) is 0 Å². The van der Waals surface area contributed by atoms with Gasteiger partial charge in [0.1, 0.15) is 0 Å². The summed E-state index contributed by atoms with van der Waals surface area (Å²) in [6.07, 6.45) is 0. The zero-order valence-electron chi connectivity index (χ0n) is 12.3. The topological polar surface area (TPSA) is 15.3 Å². The normalized spacial score (nSPS) is 23.1. The molecule has 2 unspecified atom stereocenters. The van der Waals surface area contributed by atoms with E-state index >= 15 is 0 Å². The quantitative estimate of drug-likeness (QED) is 0.905. The molecule has 110 valence electrons. The van der Waals surface area contributed by atoms with E-state index in [1.807, 2.05) is 0 Å². The molecule has 1 N–H and O–H groups in total. The van der Waals surface area contributed by atoms with Crippen molar-refractivity contribution in [2.24, 2.45) is 0 Å². The first-order chi connectivity index (χ1) is 10.2. The summed E-state index contributed by atoms with van der Waals surface area (Å²) in [5, 5.41) is 3.66. The Morgan fingerprint density at radius 1 is 1.10 bits per heavy atom. The van der Waals surface area contributed by atoms with Crippen molar-refractivity contribution >= 4 is 15.9 Å². The van der Waals surface area contributed by atoms with Gasteiger partial charge in [0.15, 0.2) is 0 Å². The van der Waals surface area contributed by atoms with E-state index in [0.717, 1.165) is 19.6 Å². The Hall–Kier alpha value is -1.16. The molecule has 1 heterocycles. The van der Waals surface area contributed by atoms with Crippen molar-refractivity contribution in [2.75, 3.05) is 13.1 Å². The summed E-state index contributed by atoms with van der Waals surface area (Å²) >= 11 is 3.66. The van der Waals surface area contributed by atoms with Crippen molar-refractivity contribution in [3.63, 3.8) is 0 Å². The Balaban J connectivity index is 1.74. The van der Waals surface area contributed by atoms with Gasteiger partial charge < -0.3 is 5.32 Å². The Morgan fingerprint density at radius 3 is 2.57 bits per heavy atom. The van der Waals surface area contributed by atoms with Crippen LogP contribution in [0.1, 0.15) is 24.1 Å². The first kappa shape index (κ1) is 14.8. The largest absolute Gasteiger partial charge is 0.307 e. The zero-order valence-corrected chi connectivity index (χ0v) is 13.9. The lowest BCUT2D eigenvalue weighted by Crippen LogP contribution is -2.50. The van der Waals surface area contributed by atoms with E-state index in [9.17, 15) is 0 Å². The molecule has 1 saturated heterocycles. The maximum absolute atomic E-state index is 3.66. The minimum Gasteiger partial charge on any atom is -0.307 e. The fourth-order valence-electron chi connectivity index (χ4n) is 2.90. The van der Waals surface area contributed by atoms with Crippen LogP contribution in [-0.2, 0) is 6.54 Å². The SMILES string of the molecule is CC1CNC(c2ccccc2)CN1Cc1ccccc1Br. The third kappa shape index (κ3) is 3.54. The number of hydrogen-bond acceptors (Lipinski definition) is 2. The molecule has 1 aliphatic rings. The molecular weight excluding hydrogens is 324 g/mol. The number of halogens is 1. The van der Waals surface area contributed by atoms with Gasteiger partial charge in [0.25, 0.3) is 0 Å². The molecule has 0 amide bonds. The second kappa shape index (κ2) is 6.73. The standard InChI is InChI=1S/C18H21BrN2/c1-14-11-20-18(15-7-3-2-4-8-15)13-21(14)12-16-9-5-6-10-17(16)19/h2-10,14,18,20H,11-13H2,1H3. The van der Waals surface area contributed by atoms with Crippen LogP contribution in [0.2, 0.25) is 0 Å². The van der Waals surface area contributed by atoms with E-state index in [2.05, 4.69) is 87.7 Å². The number of piperazine rings is 1. The van der Waals surface area contributed by atoms with E-state index < -0.39 is 0 Å². The zero-order chi connectivity index (χ0) is 14.7. The molecule has 0 saturated carbocycles. The van der Waals surface area contributed by atoms with Gasteiger partial charge >= 0.3 is 0 Å². The molecule has 1 fully saturated rings. The fourth-order valence-corrected chi connectivity index (χ4v) is 3.31. The molecule has 2 atom stereocenters. The minimum absolute atomic E-state index is 0.421. The molecule has 2 nitrogen and oxygen atoms in total. The molecule has 0 aliphatic carbocycles. The highest BCUT2D eigenvalue weighted by Gasteiger charge is 2.26. The van der Waals surface area contributed by atoms with Crippen LogP contribution in [0.3, 0.4) is 0 Å². The molecule has 3 heteroatoms. The highest BCUT2D eigenvalue weighted by atomic mass is 79.9. The third-order valence-corrected chi connectivity index (χ3v) is 5.01. The Morgan fingerprint density at radius 2 is 1.81 bits per heavy atom. The van der Waals surface area contributed by atoms with Gasteiger partial charge in [-0.15, -0.1) is 0 Å². The monoisotopic (exact) mass is 344 g/mol. The van der Waals surface area contributed by atoms with Crippen LogP contribution < -0.4 is 5.32 Å². The lowest BCUT2D eigenvalue weighted by molar-refractivity contribution is 0.133. The maximum atomic E-state index is 3.66.